The average Bonchev–Trinajstić information content (AvgIpc) is 3.33. The van der Waals surface area contributed by atoms with Gasteiger partial charge in [0.1, 0.15) is 163 Å². The third-order valence-corrected chi connectivity index (χ3v) is 19.8. The highest BCUT2D eigenvalue weighted by Crippen LogP contribution is 2.58. The van der Waals surface area contributed by atoms with Crippen molar-refractivity contribution < 1.29 is 22.4 Å². The number of thioether (sulfide) groups is 1. The Hall–Kier alpha value is -2.53. The molecule has 3 aromatic carbocycles. The van der Waals surface area contributed by atoms with Gasteiger partial charge in [-0.1, -0.05) is 97.1 Å². The van der Waals surface area contributed by atoms with Crippen LogP contribution in [0.3, 0.4) is 0 Å². The highest BCUT2D eigenvalue weighted by Gasteiger charge is 2.60. The molecular weight excluding hydrogens is 866 g/mol. The molecule has 0 saturated heterocycles. The molecule has 0 N–H and O–H groups in total. The van der Waals surface area contributed by atoms with Gasteiger partial charge in [-0.2, -0.15) is 18.2 Å². The minimum absolute atomic E-state index is 0.154. The first-order valence-electron chi connectivity index (χ1n) is 24.6. The molecule has 0 aliphatic heterocycles. The Balaban J connectivity index is 1.88. The lowest BCUT2D eigenvalue weighted by atomic mass is 9.20. The van der Waals surface area contributed by atoms with E-state index in [4.69, 9.17) is 4.98 Å². The highest BCUT2D eigenvalue weighted by atomic mass is 32.2. The van der Waals surface area contributed by atoms with Gasteiger partial charge in [0.05, 0.1) is 21.0 Å². The standard InChI is InChI=1S/C36H60B22F4N4O2S/c1-3-64(4-2)35(55,56)36(57,58)65(9-12-17(37)19(39)13(20(40)18(12)38)14-21(41)23(43)15(33(60,61)62)24(44)22(14)42)27(68)31(49,50)66-25-16(29(45,46)34(53,54)30(25,47)48)26(67)63-28(66)69-32(51,52)10-5-7-11(59)8-6-10/h5-8H,3-4,9,37-58H2,1-2H3. The molecule has 0 spiro atoms. The van der Waals surface area contributed by atoms with Crippen LogP contribution in [-0.2, 0) is 37.8 Å². The number of rotatable bonds is 13. The monoisotopic (exact) mass is 931 g/mol. The largest absolute Gasteiger partial charge is 0.415 e. The molecule has 1 amide bonds. The number of alkyl halides is 3. The van der Waals surface area contributed by atoms with Crippen molar-refractivity contribution in [1.82, 2.24) is 19.4 Å². The first kappa shape index (κ1) is 57.4. The molecule has 1 heterocycles. The normalized spacial score (nSPS) is 15.8. The number of nitrogens with zero attached hydrogens (tertiary/aromatic N) is 4. The lowest BCUT2D eigenvalue weighted by Crippen LogP contribution is -2.76. The van der Waals surface area contributed by atoms with Crippen molar-refractivity contribution in [3.63, 3.8) is 0 Å². The summed E-state index contributed by atoms with van der Waals surface area (Å²) >= 11 is 1.40. The molecule has 1 aliphatic rings. The van der Waals surface area contributed by atoms with Crippen molar-refractivity contribution in [2.45, 2.75) is 67.9 Å². The SMILES string of the molecule is Bc1c(B)c(-c2c(B)c(B)c(C(F)(F)F)c(B)c2B)c(B)c(B)c1CN(C(=O)C(B)(B)n1c(SC(B)(B)c2ccc(F)cc2)nc(=O)c2c1C(B)(B)C(B)(B)C2(B)B)C(B)(B)C(B)(B)N(CC)CC. The van der Waals surface area contributed by atoms with E-state index in [1.165, 1.54) is 23.9 Å². The third-order valence-electron chi connectivity index (χ3n) is 18.6. The van der Waals surface area contributed by atoms with E-state index >= 15 is 4.79 Å². The summed E-state index contributed by atoms with van der Waals surface area (Å²) in [6.45, 7) is 6.02. The van der Waals surface area contributed by atoms with Crippen LogP contribution in [0.25, 0.3) is 11.1 Å². The Labute approximate surface area is 433 Å². The van der Waals surface area contributed by atoms with Crippen LogP contribution in [0, 0.1) is 5.82 Å². The summed E-state index contributed by atoms with van der Waals surface area (Å²) in [5.41, 5.74) is 9.62. The molecule has 0 bridgehead atoms. The van der Waals surface area contributed by atoms with Crippen LogP contribution in [0.15, 0.2) is 34.2 Å². The molecule has 4 aromatic rings. The van der Waals surface area contributed by atoms with Gasteiger partial charge in [0.25, 0.3) is 5.56 Å². The lowest BCUT2D eigenvalue weighted by Gasteiger charge is -2.57. The molecule has 1 aliphatic carbocycles. The number of hydrogen-bond donors (Lipinski definition) is 0. The van der Waals surface area contributed by atoms with E-state index in [0.717, 1.165) is 62.9 Å². The fourth-order valence-electron chi connectivity index (χ4n) is 11.7. The van der Waals surface area contributed by atoms with Gasteiger partial charge in [0.2, 0.25) is 5.91 Å². The summed E-state index contributed by atoms with van der Waals surface area (Å²) < 4.78 is 59.2. The molecule has 69 heavy (non-hydrogen) atoms. The zero-order valence-electron chi connectivity index (χ0n) is 46.5. The van der Waals surface area contributed by atoms with Crippen LogP contribution in [0.2, 0.25) is 5.21 Å². The molecule has 1 aromatic heterocycles. The maximum atomic E-state index is 16.7. The second kappa shape index (κ2) is 18.7. The van der Waals surface area contributed by atoms with Crippen LogP contribution in [0.5, 0.6) is 0 Å². The molecule has 6 nitrogen and oxygen atoms in total. The second-order valence-electron chi connectivity index (χ2n) is 23.6. The van der Waals surface area contributed by atoms with Crippen molar-refractivity contribution in [2.24, 2.45) is 0 Å². The second-order valence-corrected chi connectivity index (χ2v) is 25.2. The molecular formula is C36H60B22F4N4O2S. The number of carbonyl (C=O) groups is 1. The Morgan fingerprint density at radius 2 is 1.12 bits per heavy atom. The van der Waals surface area contributed by atoms with E-state index in [1.807, 2.05) is 36.3 Å². The average molecular weight is 927 g/mol. The van der Waals surface area contributed by atoms with E-state index in [0.29, 0.717) is 21.6 Å². The number of aromatic nitrogens is 2. The van der Waals surface area contributed by atoms with E-state index < -0.39 is 47.9 Å². The molecule has 0 fully saturated rings. The minimum atomic E-state index is -4.48. The van der Waals surface area contributed by atoms with Crippen molar-refractivity contribution >= 4 is 234 Å². The molecule has 0 unspecified atom stereocenters. The smallest absolute Gasteiger partial charge is 0.348 e. The fourth-order valence-corrected chi connectivity index (χ4v) is 13.0. The number of likely N-dealkylation sites (N-methyl/N-ethyl adjacent to an activating group) is 1. The van der Waals surface area contributed by atoms with Crippen molar-refractivity contribution in [2.75, 3.05) is 13.1 Å². The van der Waals surface area contributed by atoms with E-state index in [9.17, 15) is 22.4 Å². The molecule has 0 radical (unpaired) electrons. The van der Waals surface area contributed by atoms with E-state index in [1.54, 1.807) is 43.5 Å². The molecule has 33 heteroatoms. The van der Waals surface area contributed by atoms with Gasteiger partial charge in [-0.15, -0.1) is 0 Å². The number of fused-ring (bicyclic) bond motifs is 1. The maximum Gasteiger partial charge on any atom is 0.415 e. The molecule has 336 valence electrons. The summed E-state index contributed by atoms with van der Waals surface area (Å²) in [5, 5.41) is -4.02. The lowest BCUT2D eigenvalue weighted by molar-refractivity contribution is -0.138. The Kier molecular flexibility index (Phi) is 15.6. The number of carbonyl (C=O) groups excluding carboxylic acids is 1. The van der Waals surface area contributed by atoms with Crippen LogP contribution < -0.4 is 49.3 Å². The number of benzene rings is 3. The first-order valence-corrected chi connectivity index (χ1v) is 25.5. The quantitative estimate of drug-likeness (QED) is 0.0579. The third kappa shape index (κ3) is 8.97. The Morgan fingerprint density at radius 1 is 0.681 bits per heavy atom. The topological polar surface area (TPSA) is 58.4 Å². The van der Waals surface area contributed by atoms with E-state index in [2.05, 4.69) is 133 Å². The summed E-state index contributed by atoms with van der Waals surface area (Å²) in [6, 6.07) is 6.39. The highest BCUT2D eigenvalue weighted by molar-refractivity contribution is 8.02. The van der Waals surface area contributed by atoms with E-state index in [-0.39, 0.29) is 34.8 Å². The molecule has 0 saturated carbocycles. The maximum absolute atomic E-state index is 16.7. The summed E-state index contributed by atoms with van der Waals surface area (Å²) in [7, 11) is 44.6. The van der Waals surface area contributed by atoms with Crippen molar-refractivity contribution in [1.29, 1.82) is 0 Å². The van der Waals surface area contributed by atoms with Crippen molar-refractivity contribution in [3.05, 3.63) is 68.4 Å². The predicted octanol–water partition coefficient (Wildman–Crippen LogP) is -21.4. The molecule has 5 rings (SSSR count). The zero-order valence-corrected chi connectivity index (χ0v) is 47.3. The number of amides is 1. The van der Waals surface area contributed by atoms with Crippen LogP contribution in [-0.4, -0.2) is 222 Å². The summed E-state index contributed by atoms with van der Waals surface area (Å²) in [5.74, 6) is -0.500. The first-order chi connectivity index (χ1) is 31.2. The minimum Gasteiger partial charge on any atom is -0.348 e. The van der Waals surface area contributed by atoms with Crippen LogP contribution in [0.1, 0.15) is 41.8 Å². The van der Waals surface area contributed by atoms with Gasteiger partial charge in [0, 0.05) is 23.4 Å². The van der Waals surface area contributed by atoms with Gasteiger partial charge in [-0.3, -0.25) is 9.59 Å². The summed E-state index contributed by atoms with van der Waals surface area (Å²) in [4.78, 5) is 40.8. The Morgan fingerprint density at radius 3 is 1.54 bits per heavy atom. The Bertz CT molecular complexity index is 2750. The molecule has 0 atom stereocenters. The summed E-state index contributed by atoms with van der Waals surface area (Å²) in [6.07, 6.45) is -4.48. The number of halogens is 4. The van der Waals surface area contributed by atoms with Gasteiger partial charge < -0.3 is 14.4 Å². The fraction of sp³-hybridized carbons (Fsp3) is 0.361. The van der Waals surface area contributed by atoms with Crippen LogP contribution >= 0.6 is 11.8 Å². The van der Waals surface area contributed by atoms with Gasteiger partial charge in [-0.25, -0.2) is 4.39 Å². The number of hydrogen-bond acceptors (Lipinski definition) is 5. The van der Waals surface area contributed by atoms with Gasteiger partial charge >= 0.3 is 6.18 Å². The zero-order chi connectivity index (χ0) is 53.1. The predicted molar refractivity (Wildman–Crippen MR) is 347 cm³/mol. The van der Waals surface area contributed by atoms with Crippen molar-refractivity contribution in [3.8, 4) is 11.1 Å². The van der Waals surface area contributed by atoms with Gasteiger partial charge in [0.15, 0.2) is 5.16 Å². The van der Waals surface area contributed by atoms with Gasteiger partial charge in [-0.05, 0) is 62.7 Å². The van der Waals surface area contributed by atoms with Crippen LogP contribution in [0.4, 0.5) is 17.6 Å².